The second kappa shape index (κ2) is 9.21. The van der Waals surface area contributed by atoms with Crippen molar-refractivity contribution < 1.29 is 24.2 Å². The number of aliphatic hydroxyl groups is 1. The van der Waals surface area contributed by atoms with Crippen LogP contribution in [0.5, 0.6) is 0 Å². The first-order valence-corrected chi connectivity index (χ1v) is 9.16. The van der Waals surface area contributed by atoms with Gasteiger partial charge in [-0.2, -0.15) is 0 Å². The molecule has 1 N–H and O–H groups in total. The Balaban J connectivity index is 2.81. The van der Waals surface area contributed by atoms with Gasteiger partial charge in [-0.25, -0.2) is 0 Å². The average molecular weight is 340 g/mol. The zero-order valence-corrected chi connectivity index (χ0v) is 15.5. The maximum atomic E-state index is 12.2. The van der Waals surface area contributed by atoms with Crippen LogP contribution in [0.25, 0.3) is 0 Å². The summed E-state index contributed by atoms with van der Waals surface area (Å²) in [7, 11) is 0. The number of hydrogen-bond acceptors (Lipinski definition) is 5. The highest BCUT2D eigenvalue weighted by Gasteiger charge is 2.67. The Kier molecular flexibility index (Phi) is 7.94. The van der Waals surface area contributed by atoms with E-state index in [0.29, 0.717) is 19.3 Å². The van der Waals surface area contributed by atoms with Crippen molar-refractivity contribution >= 4 is 11.9 Å². The third-order valence-electron chi connectivity index (χ3n) is 4.76. The van der Waals surface area contributed by atoms with E-state index in [1.54, 1.807) is 26.0 Å². The van der Waals surface area contributed by atoms with E-state index in [1.807, 2.05) is 6.92 Å². The molecule has 0 aromatic heterocycles. The number of unbranched alkanes of at least 4 members (excludes halogenated alkanes) is 2. The average Bonchev–Trinajstić information content (AvgIpc) is 3.30. The molecule has 2 unspecified atom stereocenters. The highest BCUT2D eigenvalue weighted by Crippen LogP contribution is 2.55. The maximum Gasteiger partial charge on any atom is 0.324 e. The first-order chi connectivity index (χ1) is 11.4. The van der Waals surface area contributed by atoms with Gasteiger partial charge in [-0.1, -0.05) is 45.3 Å². The van der Waals surface area contributed by atoms with Crippen molar-refractivity contribution in [3.05, 3.63) is 12.2 Å². The molecule has 0 aromatic carbocycles. The smallest absolute Gasteiger partial charge is 0.324 e. The summed E-state index contributed by atoms with van der Waals surface area (Å²) in [6.45, 7) is 7.95. The van der Waals surface area contributed by atoms with Crippen LogP contribution >= 0.6 is 0 Å². The Morgan fingerprint density at radius 3 is 2.17 bits per heavy atom. The molecule has 1 fully saturated rings. The minimum atomic E-state index is -1.22. The lowest BCUT2D eigenvalue weighted by Crippen LogP contribution is -2.32. The minimum Gasteiger partial charge on any atom is -0.465 e. The van der Waals surface area contributed by atoms with Crippen LogP contribution in [0.4, 0.5) is 0 Å². The van der Waals surface area contributed by atoms with Gasteiger partial charge in [0.15, 0.2) is 5.41 Å². The second-order valence-corrected chi connectivity index (χ2v) is 6.50. The molecule has 138 valence electrons. The lowest BCUT2D eigenvalue weighted by Gasteiger charge is -2.23. The summed E-state index contributed by atoms with van der Waals surface area (Å²) in [5, 5.41) is 10.7. The van der Waals surface area contributed by atoms with Gasteiger partial charge in [-0.3, -0.25) is 9.59 Å². The predicted molar refractivity (Wildman–Crippen MR) is 92.3 cm³/mol. The molecule has 1 aliphatic carbocycles. The molecule has 0 spiro atoms. The predicted octanol–water partition coefficient (Wildman–Crippen LogP) is 3.40. The Hall–Kier alpha value is -1.36. The summed E-state index contributed by atoms with van der Waals surface area (Å²) >= 11 is 0. The lowest BCUT2D eigenvalue weighted by atomic mass is 9.92. The van der Waals surface area contributed by atoms with Gasteiger partial charge in [0.25, 0.3) is 0 Å². The molecule has 5 heteroatoms. The topological polar surface area (TPSA) is 72.8 Å². The van der Waals surface area contributed by atoms with E-state index in [4.69, 9.17) is 9.47 Å². The molecule has 24 heavy (non-hydrogen) atoms. The number of esters is 2. The van der Waals surface area contributed by atoms with Crippen molar-refractivity contribution in [3.63, 3.8) is 0 Å². The third-order valence-corrected chi connectivity index (χ3v) is 4.76. The Morgan fingerprint density at radius 1 is 1.12 bits per heavy atom. The lowest BCUT2D eigenvalue weighted by molar-refractivity contribution is -0.164. The maximum absolute atomic E-state index is 12.2. The molecule has 1 aliphatic rings. The zero-order valence-electron chi connectivity index (χ0n) is 15.5. The molecule has 2 atom stereocenters. The van der Waals surface area contributed by atoms with Crippen LogP contribution in [0.1, 0.15) is 66.2 Å². The van der Waals surface area contributed by atoms with Gasteiger partial charge in [-0.05, 0) is 33.1 Å². The summed E-state index contributed by atoms with van der Waals surface area (Å²) in [6, 6.07) is 0. The van der Waals surface area contributed by atoms with Crippen molar-refractivity contribution in [3.8, 4) is 0 Å². The van der Waals surface area contributed by atoms with Gasteiger partial charge >= 0.3 is 11.9 Å². The van der Waals surface area contributed by atoms with Crippen molar-refractivity contribution in [1.82, 2.24) is 0 Å². The molecule has 0 radical (unpaired) electrons. The molecule has 0 heterocycles. The standard InChI is InChI=1S/C19H32O5/c1-5-9-10-12-18(22,6-2)13-11-15-14-19(15,16(20)23-7-3)17(21)24-8-4/h11,13,15,22H,5-10,12,14H2,1-4H3/b13-11+. The molecule has 5 nitrogen and oxygen atoms in total. The number of rotatable bonds is 11. The van der Waals surface area contributed by atoms with Gasteiger partial charge in [-0.15, -0.1) is 0 Å². The summed E-state index contributed by atoms with van der Waals surface area (Å²) in [6.07, 6.45) is 8.36. The van der Waals surface area contributed by atoms with E-state index in [9.17, 15) is 14.7 Å². The molecular formula is C19H32O5. The molecule has 0 aliphatic heterocycles. The second-order valence-electron chi connectivity index (χ2n) is 6.50. The Labute approximate surface area is 145 Å². The van der Waals surface area contributed by atoms with Crippen molar-refractivity contribution in [2.75, 3.05) is 13.2 Å². The Morgan fingerprint density at radius 2 is 1.71 bits per heavy atom. The quantitative estimate of drug-likeness (QED) is 0.270. The SMILES string of the molecule is CCCCCC(O)(/C=C/C1CC1(C(=O)OCC)C(=O)OCC)CC. The number of carbonyl (C=O) groups is 2. The first kappa shape index (κ1) is 20.7. The summed E-state index contributed by atoms with van der Waals surface area (Å²) in [5.41, 5.74) is -2.10. The monoisotopic (exact) mass is 340 g/mol. The number of allylic oxidation sites excluding steroid dienone is 1. The molecular weight excluding hydrogens is 308 g/mol. The van der Waals surface area contributed by atoms with Crippen molar-refractivity contribution in [2.45, 2.75) is 71.8 Å². The fourth-order valence-corrected chi connectivity index (χ4v) is 2.95. The van der Waals surface area contributed by atoms with E-state index in [1.165, 1.54) is 0 Å². The number of ether oxygens (including phenoxy) is 2. The third kappa shape index (κ3) is 4.82. The van der Waals surface area contributed by atoms with Crippen molar-refractivity contribution in [2.24, 2.45) is 11.3 Å². The van der Waals surface area contributed by atoms with Crippen molar-refractivity contribution in [1.29, 1.82) is 0 Å². The van der Waals surface area contributed by atoms with Crippen LogP contribution in [0, 0.1) is 11.3 Å². The van der Waals surface area contributed by atoms with Gasteiger partial charge in [0, 0.05) is 5.92 Å². The van der Waals surface area contributed by atoms with Gasteiger partial charge in [0.05, 0.1) is 18.8 Å². The van der Waals surface area contributed by atoms with Gasteiger partial charge < -0.3 is 14.6 Å². The van der Waals surface area contributed by atoms with Gasteiger partial charge in [0.1, 0.15) is 0 Å². The van der Waals surface area contributed by atoms with E-state index in [2.05, 4.69) is 6.92 Å². The summed E-state index contributed by atoms with van der Waals surface area (Å²) in [4.78, 5) is 24.5. The summed E-state index contributed by atoms with van der Waals surface area (Å²) < 4.78 is 10.1. The highest BCUT2D eigenvalue weighted by molar-refractivity contribution is 6.04. The van der Waals surface area contributed by atoms with Crippen LogP contribution in [-0.2, 0) is 19.1 Å². The molecule has 0 saturated heterocycles. The fraction of sp³-hybridized carbons (Fsp3) is 0.789. The minimum absolute atomic E-state index is 0.229. The van der Waals surface area contributed by atoms with Gasteiger partial charge in [0.2, 0.25) is 0 Å². The molecule has 0 bridgehead atoms. The zero-order chi connectivity index (χ0) is 18.2. The molecule has 1 saturated carbocycles. The van der Waals surface area contributed by atoms with E-state index < -0.39 is 23.0 Å². The van der Waals surface area contributed by atoms with E-state index >= 15 is 0 Å². The number of carbonyl (C=O) groups excluding carboxylic acids is 2. The van der Waals surface area contributed by atoms with E-state index in [0.717, 1.165) is 19.3 Å². The normalized spacial score (nSPS) is 21.3. The van der Waals surface area contributed by atoms with Crippen LogP contribution < -0.4 is 0 Å². The Bertz CT molecular complexity index is 439. The van der Waals surface area contributed by atoms with Crippen LogP contribution in [0.15, 0.2) is 12.2 Å². The largest absolute Gasteiger partial charge is 0.465 e. The molecule has 1 rings (SSSR count). The van der Waals surface area contributed by atoms with Crippen LogP contribution in [0.3, 0.4) is 0 Å². The fourth-order valence-electron chi connectivity index (χ4n) is 2.95. The highest BCUT2D eigenvalue weighted by atomic mass is 16.6. The van der Waals surface area contributed by atoms with Crippen LogP contribution in [0.2, 0.25) is 0 Å². The first-order valence-electron chi connectivity index (χ1n) is 9.16. The van der Waals surface area contributed by atoms with Crippen LogP contribution in [-0.4, -0.2) is 35.9 Å². The molecule has 0 amide bonds. The number of hydrogen-bond donors (Lipinski definition) is 1. The van der Waals surface area contributed by atoms with E-state index in [-0.39, 0.29) is 19.1 Å². The molecule has 0 aromatic rings. The summed E-state index contributed by atoms with van der Waals surface area (Å²) in [5.74, 6) is -1.31.